The number of hydrogen-bond donors (Lipinski definition) is 1. The summed E-state index contributed by atoms with van der Waals surface area (Å²) in [5.41, 5.74) is 0.307. The van der Waals surface area contributed by atoms with E-state index in [2.05, 4.69) is 9.84 Å². The molecule has 1 aromatic carbocycles. The van der Waals surface area contributed by atoms with Gasteiger partial charge in [0, 0.05) is 7.05 Å². The molecule has 0 radical (unpaired) electrons. The van der Waals surface area contributed by atoms with Crippen LogP contribution in [0.2, 0.25) is 0 Å². The van der Waals surface area contributed by atoms with Crippen LogP contribution in [-0.2, 0) is 11.8 Å². The van der Waals surface area contributed by atoms with Crippen LogP contribution in [0.5, 0.6) is 0 Å². The van der Waals surface area contributed by atoms with Gasteiger partial charge in [0.2, 0.25) is 0 Å². The molecule has 2 rings (SSSR count). The average molecular weight is 250 g/mol. The van der Waals surface area contributed by atoms with E-state index in [1.165, 1.54) is 43.1 Å². The van der Waals surface area contributed by atoms with E-state index in [-0.39, 0.29) is 16.8 Å². The first kappa shape index (κ1) is 12.1. The Morgan fingerprint density at radius 1 is 1.33 bits per heavy atom. The summed E-state index contributed by atoms with van der Waals surface area (Å²) >= 11 is 0. The second kappa shape index (κ2) is 4.48. The molecule has 0 saturated heterocycles. The van der Waals surface area contributed by atoms with Crippen molar-refractivity contribution in [3.8, 4) is 11.1 Å². The van der Waals surface area contributed by atoms with Crippen molar-refractivity contribution in [2.75, 3.05) is 7.11 Å². The van der Waals surface area contributed by atoms with Crippen LogP contribution >= 0.6 is 0 Å². The lowest BCUT2D eigenvalue weighted by Gasteiger charge is -2.00. The maximum atomic E-state index is 12.9. The number of halogens is 1. The highest BCUT2D eigenvalue weighted by Gasteiger charge is 2.20. The third-order valence-electron chi connectivity index (χ3n) is 2.57. The fourth-order valence-corrected chi connectivity index (χ4v) is 1.68. The Morgan fingerprint density at radius 2 is 1.94 bits per heavy atom. The fourth-order valence-electron chi connectivity index (χ4n) is 1.68. The lowest BCUT2D eigenvalue weighted by atomic mass is 10.1. The van der Waals surface area contributed by atoms with Crippen LogP contribution in [0.4, 0.5) is 4.39 Å². The molecule has 0 saturated carbocycles. The predicted molar refractivity (Wildman–Crippen MR) is 62.8 cm³/mol. The van der Waals surface area contributed by atoms with E-state index in [0.29, 0.717) is 5.56 Å². The van der Waals surface area contributed by atoms with Crippen molar-refractivity contribution in [2.24, 2.45) is 7.05 Å². The number of methoxy groups -OCH3 is 1. The highest BCUT2D eigenvalue weighted by molar-refractivity contribution is 5.95. The minimum atomic E-state index is -0.646. The molecule has 0 amide bonds. The zero-order chi connectivity index (χ0) is 13.3. The van der Waals surface area contributed by atoms with Crippen molar-refractivity contribution in [2.45, 2.75) is 0 Å². The van der Waals surface area contributed by atoms with Gasteiger partial charge in [-0.15, -0.1) is 0 Å². The van der Waals surface area contributed by atoms with Gasteiger partial charge in [-0.1, -0.05) is 12.1 Å². The van der Waals surface area contributed by atoms with Gasteiger partial charge in [0.1, 0.15) is 5.82 Å². The number of H-pyrrole nitrogens is 1. The van der Waals surface area contributed by atoms with Crippen molar-refractivity contribution in [1.82, 2.24) is 9.78 Å². The van der Waals surface area contributed by atoms with E-state index in [9.17, 15) is 14.0 Å². The highest BCUT2D eigenvalue weighted by Crippen LogP contribution is 2.19. The molecule has 2 aromatic rings. The summed E-state index contributed by atoms with van der Waals surface area (Å²) in [5.74, 6) is -1.06. The zero-order valence-corrected chi connectivity index (χ0v) is 9.86. The number of ether oxygens (including phenoxy) is 1. The molecule has 18 heavy (non-hydrogen) atoms. The molecule has 94 valence electrons. The van der Waals surface area contributed by atoms with Gasteiger partial charge >= 0.3 is 5.97 Å². The molecule has 1 N–H and O–H groups in total. The third kappa shape index (κ3) is 1.92. The Labute approximate surface area is 102 Å². The summed E-state index contributed by atoms with van der Waals surface area (Å²) in [5, 5.41) is 2.61. The summed E-state index contributed by atoms with van der Waals surface area (Å²) in [6, 6.07) is 5.32. The number of benzene rings is 1. The zero-order valence-electron chi connectivity index (χ0n) is 9.86. The molecule has 0 aliphatic rings. The normalized spacial score (nSPS) is 10.4. The van der Waals surface area contributed by atoms with E-state index in [1.54, 1.807) is 0 Å². The first-order valence-corrected chi connectivity index (χ1v) is 5.18. The van der Waals surface area contributed by atoms with E-state index in [4.69, 9.17) is 0 Å². The summed E-state index contributed by atoms with van der Waals surface area (Å²) in [7, 11) is 2.71. The van der Waals surface area contributed by atoms with E-state index < -0.39 is 11.8 Å². The Balaban J connectivity index is 2.66. The second-order valence-electron chi connectivity index (χ2n) is 3.72. The summed E-state index contributed by atoms with van der Waals surface area (Å²) < 4.78 is 18.6. The van der Waals surface area contributed by atoms with Crippen LogP contribution in [0.3, 0.4) is 0 Å². The number of nitrogens with zero attached hydrogens (tertiary/aromatic N) is 1. The van der Waals surface area contributed by atoms with Crippen molar-refractivity contribution in [3.63, 3.8) is 0 Å². The van der Waals surface area contributed by atoms with Crippen molar-refractivity contribution < 1.29 is 13.9 Å². The maximum absolute atomic E-state index is 12.9. The molecule has 0 spiro atoms. The monoisotopic (exact) mass is 250 g/mol. The summed E-state index contributed by atoms with van der Waals surface area (Å²) in [4.78, 5) is 23.5. The number of esters is 1. The quantitative estimate of drug-likeness (QED) is 0.817. The molecule has 6 heteroatoms. The topological polar surface area (TPSA) is 64.1 Å². The van der Waals surface area contributed by atoms with Crippen LogP contribution in [0.1, 0.15) is 10.5 Å². The lowest BCUT2D eigenvalue weighted by molar-refractivity contribution is 0.0594. The van der Waals surface area contributed by atoms with Crippen LogP contribution in [0.25, 0.3) is 11.1 Å². The first-order valence-electron chi connectivity index (χ1n) is 5.18. The molecule has 0 bridgehead atoms. The van der Waals surface area contributed by atoms with Crippen molar-refractivity contribution >= 4 is 5.97 Å². The minimum Gasteiger partial charge on any atom is -0.464 e. The van der Waals surface area contributed by atoms with Crippen LogP contribution in [-0.4, -0.2) is 22.9 Å². The number of hydrogen-bond acceptors (Lipinski definition) is 3. The minimum absolute atomic E-state index is 0.0524. The molecular formula is C12H11FN2O3. The smallest absolute Gasteiger partial charge is 0.356 e. The molecule has 0 aliphatic carbocycles. The fraction of sp³-hybridized carbons (Fsp3) is 0.167. The number of carbonyl (C=O) groups is 1. The Morgan fingerprint density at radius 3 is 2.50 bits per heavy atom. The van der Waals surface area contributed by atoms with Crippen LogP contribution < -0.4 is 5.56 Å². The van der Waals surface area contributed by atoms with E-state index in [1.807, 2.05) is 0 Å². The molecule has 1 aromatic heterocycles. The average Bonchev–Trinajstić information content (AvgIpc) is 2.66. The number of rotatable bonds is 2. The molecule has 0 fully saturated rings. The Hall–Kier alpha value is -2.37. The van der Waals surface area contributed by atoms with Gasteiger partial charge in [-0.2, -0.15) is 0 Å². The second-order valence-corrected chi connectivity index (χ2v) is 3.72. The predicted octanol–water partition coefficient (Wildman–Crippen LogP) is 1.31. The SMILES string of the molecule is COC(=O)c1[nH]n(C)c(=O)c1-c1ccc(F)cc1. The van der Waals surface area contributed by atoms with Gasteiger partial charge in [0.15, 0.2) is 5.69 Å². The largest absolute Gasteiger partial charge is 0.464 e. The molecule has 5 nitrogen and oxygen atoms in total. The Bertz CT molecular complexity index is 640. The molecule has 1 heterocycles. The molecule has 0 aliphatic heterocycles. The van der Waals surface area contributed by atoms with Crippen molar-refractivity contribution in [3.05, 3.63) is 46.1 Å². The number of aryl methyl sites for hydroxylation is 1. The number of carbonyl (C=O) groups excluding carboxylic acids is 1. The lowest BCUT2D eigenvalue weighted by Crippen LogP contribution is -2.13. The van der Waals surface area contributed by atoms with Crippen molar-refractivity contribution in [1.29, 1.82) is 0 Å². The molecular weight excluding hydrogens is 239 g/mol. The highest BCUT2D eigenvalue weighted by atomic mass is 19.1. The molecule has 0 atom stereocenters. The van der Waals surface area contributed by atoms with Gasteiger partial charge in [0.25, 0.3) is 5.56 Å². The number of nitrogens with one attached hydrogen (secondary N) is 1. The van der Waals surface area contributed by atoms with Gasteiger partial charge in [-0.3, -0.25) is 14.6 Å². The number of aromatic nitrogens is 2. The van der Waals surface area contributed by atoms with Gasteiger partial charge in [-0.05, 0) is 17.7 Å². The standard InChI is InChI=1S/C12H11FN2O3/c1-15-11(16)9(10(14-15)12(17)18-2)7-3-5-8(13)6-4-7/h3-6,14H,1-2H3. The first-order chi connectivity index (χ1) is 8.54. The van der Waals surface area contributed by atoms with E-state index in [0.717, 1.165) is 0 Å². The van der Waals surface area contributed by atoms with E-state index >= 15 is 0 Å². The summed E-state index contributed by atoms with van der Waals surface area (Å²) in [6.45, 7) is 0. The third-order valence-corrected chi connectivity index (χ3v) is 2.57. The Kier molecular flexibility index (Phi) is 3.01. The summed E-state index contributed by atoms with van der Waals surface area (Å²) in [6.07, 6.45) is 0. The molecule has 0 unspecified atom stereocenters. The maximum Gasteiger partial charge on any atom is 0.356 e. The van der Waals surface area contributed by atoms with Gasteiger partial charge in [0.05, 0.1) is 12.7 Å². The van der Waals surface area contributed by atoms with Crippen LogP contribution in [0.15, 0.2) is 29.1 Å². The van der Waals surface area contributed by atoms with Crippen LogP contribution in [0, 0.1) is 5.82 Å². The van der Waals surface area contributed by atoms with Gasteiger partial charge < -0.3 is 4.74 Å². The number of aromatic amines is 1. The van der Waals surface area contributed by atoms with Gasteiger partial charge in [-0.25, -0.2) is 9.18 Å².